The molecule has 2 unspecified atom stereocenters. The first-order valence-corrected chi connectivity index (χ1v) is 8.04. The zero-order valence-electron chi connectivity index (χ0n) is 12.9. The van der Waals surface area contributed by atoms with Crippen molar-refractivity contribution in [3.05, 3.63) is 35.8 Å². The SMILES string of the molecule is CC(C)CNCC1CCCC1c1cc2cccc(F)c2o1. The number of rotatable bonds is 5. The van der Waals surface area contributed by atoms with Crippen molar-refractivity contribution in [2.45, 2.75) is 39.0 Å². The van der Waals surface area contributed by atoms with Crippen LogP contribution in [0.3, 0.4) is 0 Å². The summed E-state index contributed by atoms with van der Waals surface area (Å²) in [7, 11) is 0. The second-order valence-electron chi connectivity index (χ2n) is 6.66. The Bertz CT molecular complexity index is 604. The van der Waals surface area contributed by atoms with E-state index in [1.54, 1.807) is 6.07 Å². The minimum Gasteiger partial charge on any atom is -0.458 e. The predicted octanol–water partition coefficient (Wildman–Crippen LogP) is 4.70. The van der Waals surface area contributed by atoms with Gasteiger partial charge in [0.1, 0.15) is 5.76 Å². The minimum absolute atomic E-state index is 0.258. The van der Waals surface area contributed by atoms with E-state index < -0.39 is 0 Å². The highest BCUT2D eigenvalue weighted by Crippen LogP contribution is 2.41. The lowest BCUT2D eigenvalue weighted by Gasteiger charge is -2.19. The van der Waals surface area contributed by atoms with Gasteiger partial charge in [-0.3, -0.25) is 0 Å². The number of benzene rings is 1. The molecule has 1 aliphatic rings. The molecule has 1 fully saturated rings. The lowest BCUT2D eigenvalue weighted by atomic mass is 9.93. The minimum atomic E-state index is -0.258. The molecular weight excluding hydrogens is 265 g/mol. The molecule has 114 valence electrons. The summed E-state index contributed by atoms with van der Waals surface area (Å²) in [6.45, 7) is 6.53. The van der Waals surface area contributed by atoms with Crippen LogP contribution < -0.4 is 5.32 Å². The van der Waals surface area contributed by atoms with Gasteiger partial charge in [-0.25, -0.2) is 4.39 Å². The maximum atomic E-state index is 13.8. The zero-order valence-corrected chi connectivity index (χ0v) is 12.9. The van der Waals surface area contributed by atoms with Gasteiger partial charge in [-0.2, -0.15) is 0 Å². The van der Waals surface area contributed by atoms with Crippen molar-refractivity contribution >= 4 is 11.0 Å². The summed E-state index contributed by atoms with van der Waals surface area (Å²) in [5.74, 6) is 2.41. The van der Waals surface area contributed by atoms with Gasteiger partial charge in [0, 0.05) is 11.3 Å². The van der Waals surface area contributed by atoms with E-state index in [1.165, 1.54) is 18.9 Å². The molecule has 0 aliphatic heterocycles. The van der Waals surface area contributed by atoms with E-state index in [-0.39, 0.29) is 5.82 Å². The normalized spacial score (nSPS) is 22.5. The Morgan fingerprint density at radius 3 is 2.95 bits per heavy atom. The van der Waals surface area contributed by atoms with Crippen molar-refractivity contribution in [3.63, 3.8) is 0 Å². The van der Waals surface area contributed by atoms with Crippen LogP contribution >= 0.6 is 0 Å². The molecule has 2 atom stereocenters. The third-order valence-electron chi connectivity index (χ3n) is 4.50. The summed E-state index contributed by atoms with van der Waals surface area (Å²) in [4.78, 5) is 0. The second-order valence-corrected chi connectivity index (χ2v) is 6.66. The van der Waals surface area contributed by atoms with E-state index in [9.17, 15) is 4.39 Å². The molecule has 1 aliphatic carbocycles. The van der Waals surface area contributed by atoms with Crippen LogP contribution in [0, 0.1) is 17.7 Å². The first kappa shape index (κ1) is 14.6. The predicted molar refractivity (Wildman–Crippen MR) is 84.0 cm³/mol. The number of para-hydroxylation sites is 1. The van der Waals surface area contributed by atoms with E-state index in [0.717, 1.165) is 30.7 Å². The molecule has 0 amide bonds. The lowest BCUT2D eigenvalue weighted by molar-refractivity contribution is 0.380. The Morgan fingerprint density at radius 1 is 1.33 bits per heavy atom. The van der Waals surface area contributed by atoms with Gasteiger partial charge in [0.2, 0.25) is 0 Å². The topological polar surface area (TPSA) is 25.2 Å². The molecule has 1 aromatic heterocycles. The van der Waals surface area contributed by atoms with Gasteiger partial charge in [-0.15, -0.1) is 0 Å². The monoisotopic (exact) mass is 289 g/mol. The molecule has 3 rings (SSSR count). The fourth-order valence-corrected chi connectivity index (χ4v) is 3.44. The molecule has 2 nitrogen and oxygen atoms in total. The first-order valence-electron chi connectivity index (χ1n) is 8.04. The Labute approximate surface area is 125 Å². The summed E-state index contributed by atoms with van der Waals surface area (Å²) in [5, 5.41) is 4.44. The molecule has 3 heteroatoms. The van der Waals surface area contributed by atoms with Gasteiger partial charge in [-0.05, 0) is 49.9 Å². The van der Waals surface area contributed by atoms with Crippen molar-refractivity contribution in [1.29, 1.82) is 0 Å². The molecule has 2 aromatic rings. The van der Waals surface area contributed by atoms with Gasteiger partial charge in [-0.1, -0.05) is 32.4 Å². The lowest BCUT2D eigenvalue weighted by Crippen LogP contribution is -2.27. The fraction of sp³-hybridized carbons (Fsp3) is 0.556. The summed E-state index contributed by atoms with van der Waals surface area (Å²) >= 11 is 0. The Balaban J connectivity index is 1.75. The number of nitrogens with one attached hydrogen (secondary N) is 1. The standard InChI is InChI=1S/C18H24FNO/c1-12(2)10-20-11-14-6-3-7-15(14)17-9-13-5-4-8-16(19)18(13)21-17/h4-5,8-9,12,14-15,20H,3,6-7,10-11H2,1-2H3. The van der Waals surface area contributed by atoms with Crippen LogP contribution in [0.4, 0.5) is 4.39 Å². The van der Waals surface area contributed by atoms with Crippen molar-refractivity contribution in [1.82, 2.24) is 5.32 Å². The van der Waals surface area contributed by atoms with Gasteiger partial charge >= 0.3 is 0 Å². The molecule has 1 heterocycles. The quantitative estimate of drug-likeness (QED) is 0.863. The molecule has 1 saturated carbocycles. The van der Waals surface area contributed by atoms with Crippen molar-refractivity contribution in [2.24, 2.45) is 11.8 Å². The van der Waals surface area contributed by atoms with Gasteiger partial charge in [0.15, 0.2) is 11.4 Å². The van der Waals surface area contributed by atoms with E-state index in [4.69, 9.17) is 4.42 Å². The van der Waals surface area contributed by atoms with Crippen LogP contribution in [-0.2, 0) is 0 Å². The smallest absolute Gasteiger partial charge is 0.169 e. The van der Waals surface area contributed by atoms with Crippen LogP contribution in [0.25, 0.3) is 11.0 Å². The number of hydrogen-bond donors (Lipinski definition) is 1. The van der Waals surface area contributed by atoms with Crippen LogP contribution in [0.2, 0.25) is 0 Å². The zero-order chi connectivity index (χ0) is 14.8. The van der Waals surface area contributed by atoms with Gasteiger partial charge < -0.3 is 9.73 Å². The van der Waals surface area contributed by atoms with E-state index in [0.29, 0.717) is 23.3 Å². The molecule has 0 radical (unpaired) electrons. The Morgan fingerprint density at radius 2 is 2.19 bits per heavy atom. The number of hydrogen-bond acceptors (Lipinski definition) is 2. The number of furan rings is 1. The highest BCUT2D eigenvalue weighted by molar-refractivity contribution is 5.78. The van der Waals surface area contributed by atoms with Crippen LogP contribution in [0.15, 0.2) is 28.7 Å². The molecule has 0 bridgehead atoms. The van der Waals surface area contributed by atoms with Crippen molar-refractivity contribution in [2.75, 3.05) is 13.1 Å². The molecular formula is C18H24FNO. The molecule has 1 N–H and O–H groups in total. The van der Waals surface area contributed by atoms with Crippen molar-refractivity contribution < 1.29 is 8.81 Å². The van der Waals surface area contributed by atoms with Crippen LogP contribution in [0.5, 0.6) is 0 Å². The Hall–Kier alpha value is -1.35. The Kier molecular flexibility index (Phi) is 4.29. The van der Waals surface area contributed by atoms with Gasteiger partial charge in [0.25, 0.3) is 0 Å². The maximum Gasteiger partial charge on any atom is 0.169 e. The fourth-order valence-electron chi connectivity index (χ4n) is 3.44. The summed E-state index contributed by atoms with van der Waals surface area (Å²) in [6.07, 6.45) is 3.61. The van der Waals surface area contributed by atoms with E-state index >= 15 is 0 Å². The van der Waals surface area contributed by atoms with E-state index in [2.05, 4.69) is 19.2 Å². The third-order valence-corrected chi connectivity index (χ3v) is 4.50. The maximum absolute atomic E-state index is 13.8. The largest absolute Gasteiger partial charge is 0.458 e. The molecule has 1 aromatic carbocycles. The van der Waals surface area contributed by atoms with Crippen molar-refractivity contribution in [3.8, 4) is 0 Å². The molecule has 0 saturated heterocycles. The van der Waals surface area contributed by atoms with Crippen LogP contribution in [-0.4, -0.2) is 13.1 Å². The average Bonchev–Trinajstić information content (AvgIpc) is 3.04. The summed E-state index contributed by atoms with van der Waals surface area (Å²) in [5.41, 5.74) is 0.410. The van der Waals surface area contributed by atoms with E-state index in [1.807, 2.05) is 12.1 Å². The third kappa shape index (κ3) is 3.13. The number of fused-ring (bicyclic) bond motifs is 1. The summed E-state index contributed by atoms with van der Waals surface area (Å²) in [6, 6.07) is 7.16. The van der Waals surface area contributed by atoms with Gasteiger partial charge in [0.05, 0.1) is 0 Å². The van der Waals surface area contributed by atoms with Crippen LogP contribution in [0.1, 0.15) is 44.8 Å². The highest BCUT2D eigenvalue weighted by atomic mass is 19.1. The first-order chi connectivity index (χ1) is 10.1. The number of halogens is 1. The second kappa shape index (κ2) is 6.18. The molecule has 21 heavy (non-hydrogen) atoms. The highest BCUT2D eigenvalue weighted by Gasteiger charge is 2.31. The summed E-state index contributed by atoms with van der Waals surface area (Å²) < 4.78 is 19.6. The molecule has 0 spiro atoms. The average molecular weight is 289 g/mol.